The molecule has 1 aliphatic carbocycles. The summed E-state index contributed by atoms with van der Waals surface area (Å²) >= 11 is 0. The summed E-state index contributed by atoms with van der Waals surface area (Å²) in [7, 11) is 0. The molecule has 3 aromatic carbocycles. The minimum atomic E-state index is -3.35. The van der Waals surface area contributed by atoms with Crippen molar-refractivity contribution in [3.8, 4) is 22.3 Å². The SMILES string of the molecule is CCCCC1C2CCc3cc(-c4ccc(-c5ccc(CCC)cc5F)cc4)c(F)c(F)c3C2OC1(F)F. The highest BCUT2D eigenvalue weighted by Gasteiger charge is 2.58. The van der Waals surface area contributed by atoms with Gasteiger partial charge in [-0.05, 0) is 60.1 Å². The number of ether oxygens (including phenoxy) is 1. The Hall–Kier alpha value is -2.73. The van der Waals surface area contributed by atoms with Gasteiger partial charge in [0.15, 0.2) is 11.6 Å². The van der Waals surface area contributed by atoms with Gasteiger partial charge in [-0.2, -0.15) is 8.78 Å². The first kappa shape index (κ1) is 25.9. The standard InChI is InChI=1S/C31H31F5O/c1-3-5-7-25-23-15-13-21-17-24(28(33)29(34)27(21)30(23)37-31(25,35)36)20-11-9-19(10-12-20)22-14-8-18(6-4-2)16-26(22)32/h8-12,14,16-17,23,25,30H,3-7,13,15H2,1-2H3. The fourth-order valence-electron chi connectivity index (χ4n) is 6.04. The van der Waals surface area contributed by atoms with Crippen LogP contribution in [0.2, 0.25) is 0 Å². The molecule has 1 heterocycles. The number of alkyl halides is 2. The summed E-state index contributed by atoms with van der Waals surface area (Å²) in [5, 5.41) is 0. The third-order valence-corrected chi connectivity index (χ3v) is 7.93. The van der Waals surface area contributed by atoms with Crippen LogP contribution in [0, 0.1) is 29.3 Å². The molecule has 0 amide bonds. The van der Waals surface area contributed by atoms with Gasteiger partial charge in [-0.3, -0.25) is 0 Å². The molecule has 5 rings (SSSR count). The fourth-order valence-corrected chi connectivity index (χ4v) is 6.04. The third-order valence-electron chi connectivity index (χ3n) is 7.93. The molecule has 196 valence electrons. The summed E-state index contributed by atoms with van der Waals surface area (Å²) in [6.45, 7) is 3.97. The molecule has 6 heteroatoms. The monoisotopic (exact) mass is 514 g/mol. The fraction of sp³-hybridized carbons (Fsp3) is 0.419. The summed E-state index contributed by atoms with van der Waals surface area (Å²) in [6.07, 6.45) is -0.237. The van der Waals surface area contributed by atoms with Crippen LogP contribution in [-0.4, -0.2) is 6.11 Å². The molecule has 0 spiro atoms. The van der Waals surface area contributed by atoms with Gasteiger partial charge in [0, 0.05) is 22.6 Å². The maximum atomic E-state index is 15.4. The first-order valence-corrected chi connectivity index (χ1v) is 13.2. The van der Waals surface area contributed by atoms with E-state index in [1.165, 1.54) is 6.07 Å². The van der Waals surface area contributed by atoms with Gasteiger partial charge in [-0.1, -0.05) is 69.5 Å². The third kappa shape index (κ3) is 4.69. The Labute approximate surface area is 214 Å². The lowest BCUT2D eigenvalue weighted by atomic mass is 9.74. The molecule has 1 nitrogen and oxygen atoms in total. The second-order valence-electron chi connectivity index (χ2n) is 10.3. The minimum absolute atomic E-state index is 0.0623. The summed E-state index contributed by atoms with van der Waals surface area (Å²) < 4.78 is 80.0. The molecule has 3 atom stereocenters. The second kappa shape index (κ2) is 10.2. The molecule has 0 radical (unpaired) electrons. The van der Waals surface area contributed by atoms with Crippen LogP contribution in [0.4, 0.5) is 22.0 Å². The maximum Gasteiger partial charge on any atom is 0.359 e. The number of unbranched alkanes of at least 4 members (excludes halogenated alkanes) is 1. The highest BCUT2D eigenvalue weighted by Crippen LogP contribution is 2.57. The number of halogens is 5. The zero-order valence-electron chi connectivity index (χ0n) is 21.1. The Kier molecular flexibility index (Phi) is 7.14. The number of hydrogen-bond donors (Lipinski definition) is 0. The summed E-state index contributed by atoms with van der Waals surface area (Å²) in [6, 6.07) is 13.3. The van der Waals surface area contributed by atoms with Gasteiger partial charge in [0.1, 0.15) is 5.82 Å². The quantitative estimate of drug-likeness (QED) is 0.285. The van der Waals surface area contributed by atoms with Crippen LogP contribution >= 0.6 is 0 Å². The minimum Gasteiger partial charge on any atom is -0.312 e. The zero-order valence-corrected chi connectivity index (χ0v) is 21.1. The van der Waals surface area contributed by atoms with Gasteiger partial charge in [0.25, 0.3) is 0 Å². The van der Waals surface area contributed by atoms with Crippen molar-refractivity contribution in [1.29, 1.82) is 0 Å². The van der Waals surface area contributed by atoms with Crippen molar-refractivity contribution >= 4 is 0 Å². The van der Waals surface area contributed by atoms with Crippen LogP contribution < -0.4 is 0 Å². The number of aryl methyl sites for hydroxylation is 2. The lowest BCUT2D eigenvalue weighted by Crippen LogP contribution is -2.28. The topological polar surface area (TPSA) is 9.23 Å². The zero-order chi connectivity index (χ0) is 26.3. The van der Waals surface area contributed by atoms with E-state index in [0.29, 0.717) is 47.9 Å². The largest absolute Gasteiger partial charge is 0.359 e. The second-order valence-corrected chi connectivity index (χ2v) is 10.3. The first-order valence-electron chi connectivity index (χ1n) is 13.2. The predicted molar refractivity (Wildman–Crippen MR) is 135 cm³/mol. The molecular weight excluding hydrogens is 483 g/mol. The number of rotatable bonds is 7. The van der Waals surface area contributed by atoms with Crippen LogP contribution in [0.3, 0.4) is 0 Å². The lowest BCUT2D eigenvalue weighted by molar-refractivity contribution is -0.249. The van der Waals surface area contributed by atoms with Gasteiger partial charge < -0.3 is 4.74 Å². The van der Waals surface area contributed by atoms with Crippen molar-refractivity contribution in [2.24, 2.45) is 11.8 Å². The predicted octanol–water partition coefficient (Wildman–Crippen LogP) is 9.42. The molecular formula is C31H31F5O. The average molecular weight is 515 g/mol. The molecule has 37 heavy (non-hydrogen) atoms. The molecule has 1 aliphatic heterocycles. The van der Waals surface area contributed by atoms with E-state index < -0.39 is 35.7 Å². The Bertz CT molecular complexity index is 1280. The molecule has 0 aromatic heterocycles. The summed E-state index contributed by atoms with van der Waals surface area (Å²) in [5.74, 6) is -4.05. The highest BCUT2D eigenvalue weighted by molar-refractivity contribution is 5.72. The molecule has 3 unspecified atom stereocenters. The molecule has 0 saturated carbocycles. The van der Waals surface area contributed by atoms with Crippen molar-refractivity contribution in [3.63, 3.8) is 0 Å². The Balaban J connectivity index is 1.45. The van der Waals surface area contributed by atoms with Gasteiger partial charge in [-0.15, -0.1) is 0 Å². The Morgan fingerprint density at radius 1 is 0.865 bits per heavy atom. The van der Waals surface area contributed by atoms with E-state index in [0.717, 1.165) is 24.8 Å². The van der Waals surface area contributed by atoms with E-state index in [2.05, 4.69) is 0 Å². The van der Waals surface area contributed by atoms with Crippen molar-refractivity contribution in [3.05, 3.63) is 82.7 Å². The maximum absolute atomic E-state index is 15.4. The number of benzene rings is 3. The first-order chi connectivity index (χ1) is 17.7. The Morgan fingerprint density at radius 3 is 2.22 bits per heavy atom. The van der Waals surface area contributed by atoms with Gasteiger partial charge >= 0.3 is 6.11 Å². The van der Waals surface area contributed by atoms with Gasteiger partial charge in [-0.25, -0.2) is 13.2 Å². The van der Waals surface area contributed by atoms with E-state index in [1.54, 1.807) is 36.4 Å². The van der Waals surface area contributed by atoms with Crippen LogP contribution in [0.1, 0.15) is 68.7 Å². The van der Waals surface area contributed by atoms with E-state index in [4.69, 9.17) is 4.74 Å². The summed E-state index contributed by atoms with van der Waals surface area (Å²) in [5.41, 5.74) is 2.93. The smallest absolute Gasteiger partial charge is 0.312 e. The molecule has 1 fully saturated rings. The van der Waals surface area contributed by atoms with E-state index >= 15 is 8.78 Å². The molecule has 2 aliphatic rings. The lowest BCUT2D eigenvalue weighted by Gasteiger charge is -2.30. The molecule has 0 N–H and O–H groups in total. The van der Waals surface area contributed by atoms with Crippen molar-refractivity contribution in [2.75, 3.05) is 0 Å². The normalized spacial score (nSPS) is 22.1. The molecule has 1 saturated heterocycles. The average Bonchev–Trinajstić information content (AvgIpc) is 3.14. The van der Waals surface area contributed by atoms with E-state index in [9.17, 15) is 13.2 Å². The van der Waals surface area contributed by atoms with Gasteiger partial charge in [0.05, 0.1) is 12.0 Å². The summed E-state index contributed by atoms with van der Waals surface area (Å²) in [4.78, 5) is 0. The van der Waals surface area contributed by atoms with E-state index in [-0.39, 0.29) is 16.9 Å². The number of hydrogen-bond acceptors (Lipinski definition) is 1. The molecule has 3 aromatic rings. The van der Waals surface area contributed by atoms with Crippen molar-refractivity contribution < 1.29 is 26.7 Å². The van der Waals surface area contributed by atoms with Crippen LogP contribution in [-0.2, 0) is 17.6 Å². The van der Waals surface area contributed by atoms with Crippen molar-refractivity contribution in [2.45, 2.75) is 71.0 Å². The number of fused-ring (bicyclic) bond motifs is 3. The van der Waals surface area contributed by atoms with Crippen LogP contribution in [0.5, 0.6) is 0 Å². The van der Waals surface area contributed by atoms with Crippen LogP contribution in [0.15, 0.2) is 48.5 Å². The highest BCUT2D eigenvalue weighted by atomic mass is 19.3. The molecule has 0 bridgehead atoms. The van der Waals surface area contributed by atoms with Crippen molar-refractivity contribution in [1.82, 2.24) is 0 Å². The van der Waals surface area contributed by atoms with Gasteiger partial charge in [0.2, 0.25) is 0 Å². The van der Waals surface area contributed by atoms with E-state index in [1.807, 2.05) is 19.9 Å². The van der Waals surface area contributed by atoms with Crippen LogP contribution in [0.25, 0.3) is 22.3 Å². The Morgan fingerprint density at radius 2 is 1.57 bits per heavy atom.